The molecule has 2 rings (SSSR count). The van der Waals surface area contributed by atoms with E-state index in [1.54, 1.807) is 18.9 Å². The molecular weight excluding hydrogens is 232 g/mol. The van der Waals surface area contributed by atoms with Crippen molar-refractivity contribution in [2.45, 2.75) is 26.0 Å². The van der Waals surface area contributed by atoms with Crippen molar-refractivity contribution < 1.29 is 4.74 Å². The maximum atomic E-state index is 5.19. The minimum atomic E-state index is 0.470. The Hall–Kier alpha value is -1.00. The average molecular weight is 250 g/mol. The summed E-state index contributed by atoms with van der Waals surface area (Å²) in [5.41, 5.74) is 2.26. The summed E-state index contributed by atoms with van der Waals surface area (Å²) in [4.78, 5) is 4.63. The van der Waals surface area contributed by atoms with Crippen LogP contribution in [-0.4, -0.2) is 24.1 Å². The summed E-state index contributed by atoms with van der Waals surface area (Å²) < 4.78 is 5.19. The van der Waals surface area contributed by atoms with E-state index in [0.717, 1.165) is 23.0 Å². The molecule has 1 aliphatic rings. The van der Waals surface area contributed by atoms with Crippen LogP contribution in [0.3, 0.4) is 0 Å². The normalized spacial score (nSPS) is 19.2. The molecule has 1 atom stereocenters. The highest BCUT2D eigenvalue weighted by atomic mass is 32.2. The van der Waals surface area contributed by atoms with Crippen molar-refractivity contribution in [3.05, 3.63) is 29.8 Å². The zero-order chi connectivity index (χ0) is 12.1. The van der Waals surface area contributed by atoms with Crippen molar-refractivity contribution in [3.8, 4) is 0 Å². The predicted octanol–water partition coefficient (Wildman–Crippen LogP) is 3.13. The summed E-state index contributed by atoms with van der Waals surface area (Å²) in [5, 5.41) is 4.42. The van der Waals surface area contributed by atoms with Crippen LogP contribution in [-0.2, 0) is 11.3 Å². The lowest BCUT2D eigenvalue weighted by atomic mass is 10.2. The number of nitrogens with zero attached hydrogens (tertiary/aromatic N) is 1. The molecule has 0 saturated carbocycles. The van der Waals surface area contributed by atoms with Crippen LogP contribution in [0.25, 0.3) is 0 Å². The Morgan fingerprint density at radius 3 is 3.00 bits per heavy atom. The second kappa shape index (κ2) is 6.07. The average Bonchev–Trinajstić information content (AvgIpc) is 2.80. The molecule has 3 nitrogen and oxygen atoms in total. The number of hydrogen-bond acceptors (Lipinski definition) is 4. The van der Waals surface area contributed by atoms with Gasteiger partial charge in [0.2, 0.25) is 0 Å². The molecule has 0 aromatic heterocycles. The zero-order valence-corrected chi connectivity index (χ0v) is 11.1. The first-order valence-corrected chi connectivity index (χ1v) is 6.86. The molecule has 1 N–H and O–H groups in total. The molecule has 0 amide bonds. The summed E-state index contributed by atoms with van der Waals surface area (Å²) in [6, 6.07) is 8.66. The van der Waals surface area contributed by atoms with Crippen LogP contribution in [0.1, 0.15) is 18.9 Å². The van der Waals surface area contributed by atoms with Gasteiger partial charge >= 0.3 is 0 Å². The molecule has 0 spiro atoms. The molecule has 4 heteroatoms. The largest absolute Gasteiger partial charge is 0.380 e. The lowest BCUT2D eigenvalue weighted by Gasteiger charge is -2.10. The molecular formula is C13H18N2OS. The van der Waals surface area contributed by atoms with E-state index in [1.165, 1.54) is 5.56 Å². The second-order valence-corrected chi connectivity index (χ2v) is 5.03. The number of nitrogens with one attached hydrogen (secondary N) is 1. The van der Waals surface area contributed by atoms with E-state index in [-0.39, 0.29) is 0 Å². The van der Waals surface area contributed by atoms with Crippen LogP contribution < -0.4 is 5.32 Å². The van der Waals surface area contributed by atoms with Crippen molar-refractivity contribution in [3.63, 3.8) is 0 Å². The summed E-state index contributed by atoms with van der Waals surface area (Å²) >= 11 is 1.79. The number of thioether (sulfide) groups is 1. The third-order valence-electron chi connectivity index (χ3n) is 2.74. The van der Waals surface area contributed by atoms with Gasteiger partial charge in [-0.05, 0) is 12.5 Å². The summed E-state index contributed by atoms with van der Waals surface area (Å²) in [6.07, 6.45) is 1.11. The first-order chi connectivity index (χ1) is 8.33. The van der Waals surface area contributed by atoms with E-state index in [4.69, 9.17) is 4.74 Å². The number of benzene rings is 1. The van der Waals surface area contributed by atoms with E-state index in [2.05, 4.69) is 29.4 Å². The fraction of sp³-hybridized carbons (Fsp3) is 0.462. The van der Waals surface area contributed by atoms with Crippen molar-refractivity contribution in [1.29, 1.82) is 0 Å². The first kappa shape index (κ1) is 12.5. The van der Waals surface area contributed by atoms with Gasteiger partial charge in [0, 0.05) is 24.1 Å². The van der Waals surface area contributed by atoms with Crippen molar-refractivity contribution in [1.82, 2.24) is 0 Å². The predicted molar refractivity (Wildman–Crippen MR) is 74.7 cm³/mol. The highest BCUT2D eigenvalue weighted by Gasteiger charge is 2.16. The minimum absolute atomic E-state index is 0.470. The SMILES string of the molecule is CCC1CSC(Nc2ccccc2COC)=N1. The van der Waals surface area contributed by atoms with Crippen molar-refractivity contribution in [2.24, 2.45) is 4.99 Å². The third-order valence-corrected chi connectivity index (χ3v) is 3.77. The van der Waals surface area contributed by atoms with Crippen molar-refractivity contribution in [2.75, 3.05) is 18.2 Å². The molecule has 0 aliphatic carbocycles. The summed E-state index contributed by atoms with van der Waals surface area (Å²) in [6.45, 7) is 2.80. The third kappa shape index (κ3) is 3.23. The number of anilines is 1. The Labute approximate surface area is 107 Å². The highest BCUT2D eigenvalue weighted by molar-refractivity contribution is 8.14. The topological polar surface area (TPSA) is 33.6 Å². The van der Waals surface area contributed by atoms with E-state index >= 15 is 0 Å². The van der Waals surface area contributed by atoms with Gasteiger partial charge in [-0.1, -0.05) is 36.9 Å². The maximum Gasteiger partial charge on any atom is 0.161 e. The van der Waals surface area contributed by atoms with E-state index in [9.17, 15) is 0 Å². The van der Waals surface area contributed by atoms with Gasteiger partial charge in [-0.25, -0.2) is 0 Å². The second-order valence-electron chi connectivity index (χ2n) is 4.02. The molecule has 1 unspecified atom stereocenters. The Bertz CT molecular complexity index is 406. The quantitative estimate of drug-likeness (QED) is 0.891. The van der Waals surface area contributed by atoms with Crippen LogP contribution >= 0.6 is 11.8 Å². The molecule has 92 valence electrons. The molecule has 0 radical (unpaired) electrons. The monoisotopic (exact) mass is 250 g/mol. The van der Waals surface area contributed by atoms with E-state index < -0.39 is 0 Å². The molecule has 1 aliphatic heterocycles. The molecule has 0 fully saturated rings. The van der Waals surface area contributed by atoms with Crippen LogP contribution in [0.5, 0.6) is 0 Å². The van der Waals surface area contributed by atoms with Gasteiger partial charge in [-0.2, -0.15) is 0 Å². The molecule has 0 saturated heterocycles. The van der Waals surface area contributed by atoms with Gasteiger partial charge in [0.1, 0.15) is 0 Å². The number of rotatable bonds is 4. The van der Waals surface area contributed by atoms with Crippen LogP contribution in [0.15, 0.2) is 29.3 Å². The van der Waals surface area contributed by atoms with Gasteiger partial charge in [-0.15, -0.1) is 0 Å². The number of ether oxygens (including phenoxy) is 1. The van der Waals surface area contributed by atoms with Crippen molar-refractivity contribution >= 4 is 22.6 Å². The fourth-order valence-corrected chi connectivity index (χ4v) is 2.80. The Kier molecular flexibility index (Phi) is 4.45. The highest BCUT2D eigenvalue weighted by Crippen LogP contribution is 2.23. The Morgan fingerprint density at radius 1 is 1.47 bits per heavy atom. The standard InChI is InChI=1S/C13H18N2OS/c1-3-11-9-17-13(14-11)15-12-7-5-4-6-10(12)8-16-2/h4-7,11H,3,8-9H2,1-2H3,(H,14,15). The zero-order valence-electron chi connectivity index (χ0n) is 10.3. The van der Waals surface area contributed by atoms with E-state index in [0.29, 0.717) is 12.6 Å². The summed E-state index contributed by atoms with van der Waals surface area (Å²) in [5.74, 6) is 1.09. The molecule has 1 aromatic carbocycles. The maximum absolute atomic E-state index is 5.19. The molecule has 1 aromatic rings. The van der Waals surface area contributed by atoms with Gasteiger partial charge in [0.15, 0.2) is 5.17 Å². The van der Waals surface area contributed by atoms with Crippen LogP contribution in [0, 0.1) is 0 Å². The lowest BCUT2D eigenvalue weighted by molar-refractivity contribution is 0.185. The Morgan fingerprint density at radius 2 is 2.29 bits per heavy atom. The minimum Gasteiger partial charge on any atom is -0.380 e. The van der Waals surface area contributed by atoms with Gasteiger partial charge in [-0.3, -0.25) is 4.99 Å². The smallest absolute Gasteiger partial charge is 0.161 e. The van der Waals surface area contributed by atoms with Crippen LogP contribution in [0.4, 0.5) is 5.69 Å². The summed E-state index contributed by atoms with van der Waals surface area (Å²) in [7, 11) is 1.71. The number of methoxy groups -OCH3 is 1. The van der Waals surface area contributed by atoms with E-state index in [1.807, 2.05) is 12.1 Å². The molecule has 17 heavy (non-hydrogen) atoms. The first-order valence-electron chi connectivity index (χ1n) is 5.88. The Balaban J connectivity index is 2.08. The van der Waals surface area contributed by atoms with Gasteiger partial charge in [0.05, 0.1) is 12.6 Å². The number of hydrogen-bond donors (Lipinski definition) is 1. The number of para-hydroxylation sites is 1. The molecule has 1 heterocycles. The molecule has 0 bridgehead atoms. The van der Waals surface area contributed by atoms with Gasteiger partial charge in [0.25, 0.3) is 0 Å². The van der Waals surface area contributed by atoms with Gasteiger partial charge < -0.3 is 10.1 Å². The van der Waals surface area contributed by atoms with Crippen LogP contribution in [0.2, 0.25) is 0 Å². The number of amidine groups is 1. The number of aliphatic imine (C=N–C) groups is 1. The fourth-order valence-electron chi connectivity index (χ4n) is 1.73. The lowest BCUT2D eigenvalue weighted by Crippen LogP contribution is -2.07.